The highest BCUT2D eigenvalue weighted by molar-refractivity contribution is 6.05. The molecule has 1 aliphatic heterocycles. The van der Waals surface area contributed by atoms with Gasteiger partial charge in [0.2, 0.25) is 12.7 Å². The second kappa shape index (κ2) is 5.61. The molecule has 0 unspecified atom stereocenters. The summed E-state index contributed by atoms with van der Waals surface area (Å²) >= 11 is 0. The summed E-state index contributed by atoms with van der Waals surface area (Å²) in [6.45, 7) is 1.45. The van der Waals surface area contributed by atoms with Gasteiger partial charge in [-0.15, -0.1) is 0 Å². The first kappa shape index (κ1) is 15.7. The number of allylic oxidation sites excluding steroid dienone is 2. The van der Waals surface area contributed by atoms with E-state index in [-0.39, 0.29) is 30.3 Å². The van der Waals surface area contributed by atoms with Crippen molar-refractivity contribution >= 4 is 23.3 Å². The minimum Gasteiger partial charge on any atom is -0.481 e. The number of fused-ring (bicyclic) bond motifs is 3. The first-order valence-corrected chi connectivity index (χ1v) is 8.12. The molecule has 0 radical (unpaired) electrons. The molecule has 0 aromatic heterocycles. The van der Waals surface area contributed by atoms with Gasteiger partial charge in [-0.1, -0.05) is 12.2 Å². The number of anilines is 1. The number of Topliss-reactive ketones (excluding diaryl/α,β-unsaturated/α-hetero) is 1. The van der Waals surface area contributed by atoms with Gasteiger partial charge in [0.05, 0.1) is 17.5 Å². The third-order valence-corrected chi connectivity index (χ3v) is 5.20. The SMILES string of the molecule is CC(=O)c1cc2c(cc1NC(=O)[C@H]1[C@H](C(=O)O)[C@H]3C=C[C@H]1C3)OCO2. The summed E-state index contributed by atoms with van der Waals surface area (Å²) in [7, 11) is 0. The Hall–Kier alpha value is -2.83. The largest absolute Gasteiger partial charge is 0.481 e. The standard InChI is InChI=1S/C18H17NO6/c1-8(20)11-5-13-14(25-7-24-13)6-12(11)19-17(21)15-9-2-3-10(4-9)16(15)18(22)23/h2-3,5-6,9-10,15-16H,4,7H2,1H3,(H,19,21)(H,22,23)/t9-,10-,15+,16+/m0/s1. The number of ether oxygens (including phenoxy) is 2. The Morgan fingerprint density at radius 3 is 2.36 bits per heavy atom. The van der Waals surface area contributed by atoms with Crippen LogP contribution in [0.1, 0.15) is 23.7 Å². The fourth-order valence-corrected chi connectivity index (χ4v) is 4.07. The lowest BCUT2D eigenvalue weighted by Gasteiger charge is -2.24. The highest BCUT2D eigenvalue weighted by Gasteiger charge is 2.51. The van der Waals surface area contributed by atoms with Crippen LogP contribution in [0.2, 0.25) is 0 Å². The molecule has 0 saturated heterocycles. The molecule has 0 spiro atoms. The van der Waals surface area contributed by atoms with Crippen molar-refractivity contribution < 1.29 is 29.0 Å². The number of carbonyl (C=O) groups excluding carboxylic acids is 2. The molecule has 4 atom stereocenters. The number of ketones is 1. The predicted molar refractivity (Wildman–Crippen MR) is 86.6 cm³/mol. The van der Waals surface area contributed by atoms with Crippen molar-refractivity contribution in [2.45, 2.75) is 13.3 Å². The van der Waals surface area contributed by atoms with Gasteiger partial charge in [-0.25, -0.2) is 0 Å². The lowest BCUT2D eigenvalue weighted by molar-refractivity contribution is -0.146. The average molecular weight is 343 g/mol. The number of aliphatic carboxylic acids is 1. The molecule has 1 fully saturated rings. The van der Waals surface area contributed by atoms with E-state index < -0.39 is 17.8 Å². The first-order valence-electron chi connectivity index (χ1n) is 8.12. The molecule has 2 bridgehead atoms. The molecule has 1 aromatic rings. The minimum absolute atomic E-state index is 0.0579. The Kier molecular flexibility index (Phi) is 3.52. The lowest BCUT2D eigenvalue weighted by Crippen LogP contribution is -2.36. The predicted octanol–water partition coefficient (Wildman–Crippen LogP) is 2.08. The van der Waals surface area contributed by atoms with Crippen LogP contribution in [0.15, 0.2) is 24.3 Å². The third kappa shape index (κ3) is 2.47. The van der Waals surface area contributed by atoms with Crippen molar-refractivity contribution in [3.05, 3.63) is 29.8 Å². The summed E-state index contributed by atoms with van der Waals surface area (Å²) in [5.74, 6) is -2.24. The van der Waals surface area contributed by atoms with E-state index in [2.05, 4.69) is 5.32 Å². The molecule has 2 aliphatic carbocycles. The van der Waals surface area contributed by atoms with Crippen LogP contribution in [0.25, 0.3) is 0 Å². The van der Waals surface area contributed by atoms with Gasteiger partial charge in [-0.3, -0.25) is 14.4 Å². The summed E-state index contributed by atoms with van der Waals surface area (Å²) in [4.78, 5) is 36.3. The van der Waals surface area contributed by atoms with Crippen molar-refractivity contribution in [2.75, 3.05) is 12.1 Å². The summed E-state index contributed by atoms with van der Waals surface area (Å²) < 4.78 is 10.6. The Morgan fingerprint density at radius 2 is 1.72 bits per heavy atom. The quantitative estimate of drug-likeness (QED) is 0.641. The molecule has 7 heteroatoms. The molecular weight excluding hydrogens is 326 g/mol. The number of hydrogen-bond donors (Lipinski definition) is 2. The fraction of sp³-hybridized carbons (Fsp3) is 0.389. The van der Waals surface area contributed by atoms with Crippen LogP contribution in [-0.4, -0.2) is 29.6 Å². The molecule has 1 amide bonds. The zero-order chi connectivity index (χ0) is 17.7. The Bertz CT molecular complexity index is 814. The lowest BCUT2D eigenvalue weighted by atomic mass is 9.82. The molecule has 130 valence electrons. The van der Waals surface area contributed by atoms with E-state index in [1.165, 1.54) is 13.0 Å². The summed E-state index contributed by atoms with van der Waals surface area (Å²) in [5, 5.41) is 12.2. The molecule has 7 nitrogen and oxygen atoms in total. The van der Waals surface area contributed by atoms with Crippen molar-refractivity contribution in [1.82, 2.24) is 0 Å². The van der Waals surface area contributed by atoms with Gasteiger partial charge in [0.15, 0.2) is 17.3 Å². The maximum absolute atomic E-state index is 12.8. The number of rotatable bonds is 4. The van der Waals surface area contributed by atoms with Crippen LogP contribution >= 0.6 is 0 Å². The molecule has 1 aromatic carbocycles. The van der Waals surface area contributed by atoms with Crippen LogP contribution in [0.4, 0.5) is 5.69 Å². The van der Waals surface area contributed by atoms with Gasteiger partial charge in [0, 0.05) is 11.6 Å². The molecular formula is C18H17NO6. The smallest absolute Gasteiger partial charge is 0.307 e. The zero-order valence-electron chi connectivity index (χ0n) is 13.5. The van der Waals surface area contributed by atoms with Gasteiger partial charge in [-0.2, -0.15) is 0 Å². The molecule has 3 aliphatic rings. The first-order chi connectivity index (χ1) is 12.0. The normalized spacial score (nSPS) is 28.2. The van der Waals surface area contributed by atoms with E-state index in [9.17, 15) is 19.5 Å². The van der Waals surface area contributed by atoms with Crippen LogP contribution in [0, 0.1) is 23.7 Å². The van der Waals surface area contributed by atoms with Crippen LogP contribution < -0.4 is 14.8 Å². The van der Waals surface area contributed by atoms with Gasteiger partial charge in [0.1, 0.15) is 0 Å². The van der Waals surface area contributed by atoms with Crippen molar-refractivity contribution in [2.24, 2.45) is 23.7 Å². The third-order valence-electron chi connectivity index (χ3n) is 5.20. The van der Waals surface area contributed by atoms with E-state index in [1.54, 1.807) is 6.07 Å². The van der Waals surface area contributed by atoms with Crippen LogP contribution in [0.5, 0.6) is 11.5 Å². The van der Waals surface area contributed by atoms with Crippen molar-refractivity contribution in [1.29, 1.82) is 0 Å². The summed E-state index contributed by atoms with van der Waals surface area (Å²) in [5.41, 5.74) is 0.626. The average Bonchev–Trinajstić information content (AvgIpc) is 3.28. The number of nitrogens with one attached hydrogen (secondary N) is 1. The van der Waals surface area contributed by atoms with Gasteiger partial charge in [0.25, 0.3) is 0 Å². The number of hydrogen-bond acceptors (Lipinski definition) is 5. The fourth-order valence-electron chi connectivity index (χ4n) is 4.07. The summed E-state index contributed by atoms with van der Waals surface area (Å²) in [6.07, 6.45) is 4.48. The molecule has 1 saturated carbocycles. The maximum atomic E-state index is 12.8. The number of carboxylic acids is 1. The van der Waals surface area contributed by atoms with E-state index >= 15 is 0 Å². The number of carboxylic acid groups (broad SMARTS) is 1. The minimum atomic E-state index is -0.963. The second-order valence-corrected chi connectivity index (χ2v) is 6.63. The summed E-state index contributed by atoms with van der Waals surface area (Å²) in [6, 6.07) is 3.09. The van der Waals surface area contributed by atoms with Gasteiger partial charge in [-0.05, 0) is 31.2 Å². The van der Waals surface area contributed by atoms with E-state index in [0.29, 0.717) is 29.2 Å². The van der Waals surface area contributed by atoms with E-state index in [4.69, 9.17) is 9.47 Å². The van der Waals surface area contributed by atoms with Gasteiger partial charge >= 0.3 is 5.97 Å². The molecule has 1 heterocycles. The molecule has 2 N–H and O–H groups in total. The topological polar surface area (TPSA) is 102 Å². The van der Waals surface area contributed by atoms with Crippen molar-refractivity contribution in [3.8, 4) is 11.5 Å². The second-order valence-electron chi connectivity index (χ2n) is 6.63. The Morgan fingerprint density at radius 1 is 1.08 bits per heavy atom. The highest BCUT2D eigenvalue weighted by atomic mass is 16.7. The molecule has 4 rings (SSSR count). The molecule has 25 heavy (non-hydrogen) atoms. The van der Waals surface area contributed by atoms with E-state index in [1.807, 2.05) is 12.2 Å². The van der Waals surface area contributed by atoms with Crippen molar-refractivity contribution in [3.63, 3.8) is 0 Å². The van der Waals surface area contributed by atoms with Crippen LogP contribution in [0.3, 0.4) is 0 Å². The number of carbonyl (C=O) groups is 3. The highest BCUT2D eigenvalue weighted by Crippen LogP contribution is 2.48. The number of benzene rings is 1. The zero-order valence-corrected chi connectivity index (χ0v) is 13.5. The van der Waals surface area contributed by atoms with Crippen LogP contribution in [-0.2, 0) is 9.59 Å². The number of amides is 1. The Balaban J connectivity index is 1.64. The van der Waals surface area contributed by atoms with E-state index in [0.717, 1.165) is 0 Å². The maximum Gasteiger partial charge on any atom is 0.307 e. The Labute approximate surface area is 143 Å². The monoisotopic (exact) mass is 343 g/mol. The van der Waals surface area contributed by atoms with Gasteiger partial charge < -0.3 is 19.9 Å².